The summed E-state index contributed by atoms with van der Waals surface area (Å²) in [5, 5.41) is 14.3. The first-order chi connectivity index (χ1) is 12.4. The number of hydrogen-bond acceptors (Lipinski definition) is 3. The van der Waals surface area contributed by atoms with Gasteiger partial charge >= 0.3 is 5.97 Å². The van der Waals surface area contributed by atoms with Gasteiger partial charge in [-0.1, -0.05) is 65.1 Å². The van der Waals surface area contributed by atoms with Crippen molar-refractivity contribution in [2.24, 2.45) is 0 Å². The van der Waals surface area contributed by atoms with Gasteiger partial charge in [0.1, 0.15) is 11.3 Å². The zero-order valence-electron chi connectivity index (χ0n) is 13.1. The van der Waals surface area contributed by atoms with E-state index in [0.717, 1.165) is 11.8 Å². The van der Waals surface area contributed by atoms with Gasteiger partial charge in [0, 0.05) is 11.4 Å². The third-order valence-corrected chi connectivity index (χ3v) is 4.50. The van der Waals surface area contributed by atoms with Crippen molar-refractivity contribution < 1.29 is 9.90 Å². The molecule has 3 rings (SSSR count). The molecule has 8 heteroatoms. The second-order valence-corrected chi connectivity index (χ2v) is 6.68. The van der Waals surface area contributed by atoms with Gasteiger partial charge in [-0.25, -0.2) is 9.48 Å². The van der Waals surface area contributed by atoms with Crippen LogP contribution in [0.25, 0.3) is 5.69 Å². The Morgan fingerprint density at radius 3 is 2.27 bits per heavy atom. The molecule has 1 heterocycles. The molecular formula is C18H11Cl3N2O3. The fourth-order valence-electron chi connectivity index (χ4n) is 2.60. The van der Waals surface area contributed by atoms with Crippen LogP contribution in [0.15, 0.2) is 53.5 Å². The molecule has 0 unspecified atom stereocenters. The molecule has 0 aliphatic heterocycles. The third-order valence-electron chi connectivity index (χ3n) is 3.70. The fourth-order valence-corrected chi connectivity index (χ4v) is 3.58. The Kier molecular flexibility index (Phi) is 5.32. The van der Waals surface area contributed by atoms with Gasteiger partial charge in [-0.05, 0) is 17.7 Å². The summed E-state index contributed by atoms with van der Waals surface area (Å²) in [4.78, 5) is 23.8. The van der Waals surface area contributed by atoms with E-state index in [4.69, 9.17) is 34.8 Å². The molecular weight excluding hydrogens is 399 g/mol. The van der Waals surface area contributed by atoms with Crippen molar-refractivity contribution in [2.75, 3.05) is 0 Å². The second-order valence-electron chi connectivity index (χ2n) is 5.43. The normalized spacial score (nSPS) is 10.7. The van der Waals surface area contributed by atoms with Gasteiger partial charge in [-0.3, -0.25) is 4.79 Å². The summed E-state index contributed by atoms with van der Waals surface area (Å²) in [6, 6.07) is 12.0. The van der Waals surface area contributed by atoms with Crippen LogP contribution in [-0.4, -0.2) is 20.9 Å². The largest absolute Gasteiger partial charge is 0.477 e. The van der Waals surface area contributed by atoms with E-state index in [1.807, 2.05) is 30.3 Å². The topological polar surface area (TPSA) is 72.2 Å². The molecule has 0 aliphatic rings. The van der Waals surface area contributed by atoms with Gasteiger partial charge in [-0.2, -0.15) is 5.10 Å². The number of carbonyl (C=O) groups is 1. The van der Waals surface area contributed by atoms with E-state index in [1.54, 1.807) is 0 Å². The maximum Gasteiger partial charge on any atom is 0.341 e. The number of hydrogen-bond donors (Lipinski definition) is 1. The molecule has 0 fully saturated rings. The van der Waals surface area contributed by atoms with E-state index in [-0.39, 0.29) is 33.4 Å². The lowest BCUT2D eigenvalue weighted by atomic mass is 10.0. The molecule has 0 atom stereocenters. The van der Waals surface area contributed by atoms with Crippen molar-refractivity contribution in [3.8, 4) is 5.69 Å². The predicted octanol–water partition coefficient (Wildman–Crippen LogP) is 4.48. The zero-order chi connectivity index (χ0) is 18.8. The van der Waals surface area contributed by atoms with Crippen LogP contribution in [0.5, 0.6) is 0 Å². The van der Waals surface area contributed by atoms with Crippen LogP contribution in [0.4, 0.5) is 0 Å². The van der Waals surface area contributed by atoms with Crippen molar-refractivity contribution in [3.05, 3.63) is 90.8 Å². The van der Waals surface area contributed by atoms with Crippen LogP contribution in [0.3, 0.4) is 0 Å². The van der Waals surface area contributed by atoms with Crippen LogP contribution < -0.4 is 5.43 Å². The van der Waals surface area contributed by atoms with Crippen LogP contribution >= 0.6 is 34.8 Å². The van der Waals surface area contributed by atoms with Crippen molar-refractivity contribution in [1.82, 2.24) is 9.78 Å². The molecule has 0 radical (unpaired) electrons. The summed E-state index contributed by atoms with van der Waals surface area (Å²) < 4.78 is 1.28. The third kappa shape index (κ3) is 3.60. The lowest BCUT2D eigenvalue weighted by molar-refractivity contribution is 0.0693. The van der Waals surface area contributed by atoms with E-state index in [2.05, 4.69) is 5.10 Å². The zero-order valence-corrected chi connectivity index (χ0v) is 15.4. The molecule has 1 N–H and O–H groups in total. The fraction of sp³-hybridized carbons (Fsp3) is 0.0556. The van der Waals surface area contributed by atoms with Crippen molar-refractivity contribution in [2.45, 2.75) is 6.42 Å². The molecule has 132 valence electrons. The molecule has 1 aromatic heterocycles. The molecule has 0 saturated carbocycles. The first-order valence-electron chi connectivity index (χ1n) is 7.42. The Morgan fingerprint density at radius 2 is 1.69 bits per heavy atom. The molecule has 5 nitrogen and oxygen atoms in total. The standard InChI is InChI=1S/C18H11Cl3N2O3/c19-11-7-12(20)17(13(21)8-11)23-14(6-10-4-2-1-3-5-10)16(18(25)26)15(24)9-22-23/h1-5,7-9H,6H2,(H,25,26). The number of nitrogens with zero attached hydrogens (tertiary/aromatic N) is 2. The number of aromatic carboxylic acids is 1. The monoisotopic (exact) mass is 408 g/mol. The molecule has 0 bridgehead atoms. The maximum atomic E-state index is 12.1. The average molecular weight is 410 g/mol. The molecule has 26 heavy (non-hydrogen) atoms. The Hall–Kier alpha value is -2.34. The molecule has 0 saturated heterocycles. The van der Waals surface area contributed by atoms with Crippen LogP contribution in [-0.2, 0) is 6.42 Å². The smallest absolute Gasteiger partial charge is 0.341 e. The Balaban J connectivity index is 2.31. The number of carboxylic acids is 1. The lowest BCUT2D eigenvalue weighted by Gasteiger charge is -2.17. The Morgan fingerprint density at radius 1 is 1.08 bits per heavy atom. The summed E-state index contributed by atoms with van der Waals surface area (Å²) >= 11 is 18.5. The van der Waals surface area contributed by atoms with Crippen LogP contribution in [0.2, 0.25) is 15.1 Å². The van der Waals surface area contributed by atoms with E-state index in [9.17, 15) is 14.7 Å². The summed E-state index contributed by atoms with van der Waals surface area (Å²) in [5.74, 6) is -1.35. The molecule has 3 aromatic rings. The van der Waals surface area contributed by atoms with E-state index in [0.29, 0.717) is 5.02 Å². The molecule has 0 spiro atoms. The average Bonchev–Trinajstić information content (AvgIpc) is 2.56. The first-order valence-corrected chi connectivity index (χ1v) is 8.55. The second kappa shape index (κ2) is 7.50. The highest BCUT2D eigenvalue weighted by atomic mass is 35.5. The van der Waals surface area contributed by atoms with Gasteiger partial charge in [0.2, 0.25) is 5.43 Å². The first kappa shape index (κ1) is 18.5. The Labute approximate surface area is 163 Å². The SMILES string of the molecule is O=C(O)c1c(Cc2ccccc2)n(-c2c(Cl)cc(Cl)cc2Cl)ncc1=O. The highest BCUT2D eigenvalue weighted by Gasteiger charge is 2.22. The van der Waals surface area contributed by atoms with Crippen LogP contribution in [0, 0.1) is 0 Å². The number of aromatic nitrogens is 2. The van der Waals surface area contributed by atoms with Crippen LogP contribution in [0.1, 0.15) is 21.6 Å². The highest BCUT2D eigenvalue weighted by Crippen LogP contribution is 2.33. The minimum Gasteiger partial charge on any atom is -0.477 e. The molecule has 0 aliphatic carbocycles. The van der Waals surface area contributed by atoms with Gasteiger partial charge in [0.25, 0.3) is 0 Å². The van der Waals surface area contributed by atoms with Gasteiger partial charge in [0.05, 0.1) is 21.9 Å². The summed E-state index contributed by atoms with van der Waals surface area (Å²) in [6.07, 6.45) is 1.08. The lowest BCUT2D eigenvalue weighted by Crippen LogP contribution is -2.24. The Bertz CT molecular complexity index is 1030. The van der Waals surface area contributed by atoms with Gasteiger partial charge in [0.15, 0.2) is 0 Å². The highest BCUT2D eigenvalue weighted by molar-refractivity contribution is 6.40. The molecule has 2 aromatic carbocycles. The number of benzene rings is 2. The van der Waals surface area contributed by atoms with Crippen molar-refractivity contribution in [1.29, 1.82) is 0 Å². The minimum atomic E-state index is -1.35. The van der Waals surface area contributed by atoms with Gasteiger partial charge < -0.3 is 5.11 Å². The van der Waals surface area contributed by atoms with Gasteiger partial charge in [-0.15, -0.1) is 0 Å². The van der Waals surface area contributed by atoms with E-state index >= 15 is 0 Å². The summed E-state index contributed by atoms with van der Waals surface area (Å²) in [7, 11) is 0. The number of carboxylic acid groups (broad SMARTS) is 1. The van der Waals surface area contributed by atoms with Crippen molar-refractivity contribution in [3.63, 3.8) is 0 Å². The maximum absolute atomic E-state index is 12.1. The number of rotatable bonds is 4. The quantitative estimate of drug-likeness (QED) is 0.689. The number of halogens is 3. The minimum absolute atomic E-state index is 0.154. The van der Waals surface area contributed by atoms with E-state index in [1.165, 1.54) is 16.8 Å². The summed E-state index contributed by atoms with van der Waals surface area (Å²) in [5.41, 5.74) is 0.151. The van der Waals surface area contributed by atoms with Crippen molar-refractivity contribution >= 4 is 40.8 Å². The predicted molar refractivity (Wildman–Crippen MR) is 101 cm³/mol. The van der Waals surface area contributed by atoms with E-state index < -0.39 is 11.4 Å². The molecule has 0 amide bonds. The summed E-state index contributed by atoms with van der Waals surface area (Å²) in [6.45, 7) is 0.